The Bertz CT molecular complexity index is 593. The van der Waals surface area contributed by atoms with Gasteiger partial charge < -0.3 is 5.32 Å². The highest BCUT2D eigenvalue weighted by molar-refractivity contribution is 6.04. The molecular weight excluding hydrogens is 229 g/mol. The van der Waals surface area contributed by atoms with Crippen LogP contribution in [0.25, 0.3) is 0 Å². The van der Waals surface area contributed by atoms with Gasteiger partial charge >= 0.3 is 0 Å². The highest BCUT2D eigenvalue weighted by atomic mass is 19.1. The van der Waals surface area contributed by atoms with E-state index >= 15 is 0 Å². The molecule has 0 aliphatic rings. The predicted molar refractivity (Wildman–Crippen MR) is 70.3 cm³/mol. The minimum absolute atomic E-state index is 0.0591. The lowest BCUT2D eigenvalue weighted by molar-refractivity contribution is 0.102. The lowest BCUT2D eigenvalue weighted by Crippen LogP contribution is -2.14. The Labute approximate surface area is 105 Å². The molecule has 1 amide bonds. The number of anilines is 1. The Balaban J connectivity index is 2.25. The van der Waals surface area contributed by atoms with Crippen LogP contribution in [-0.2, 0) is 0 Å². The van der Waals surface area contributed by atoms with Gasteiger partial charge in [0.15, 0.2) is 0 Å². The molecule has 2 aromatic carbocycles. The van der Waals surface area contributed by atoms with Gasteiger partial charge in [-0.1, -0.05) is 24.3 Å². The van der Waals surface area contributed by atoms with Crippen molar-refractivity contribution >= 4 is 11.6 Å². The smallest absolute Gasteiger partial charge is 0.258 e. The number of carbonyl (C=O) groups is 1. The largest absolute Gasteiger partial charge is 0.322 e. The molecule has 0 aromatic heterocycles. The summed E-state index contributed by atoms with van der Waals surface area (Å²) in [6.07, 6.45) is 0. The first-order valence-electron chi connectivity index (χ1n) is 5.71. The van der Waals surface area contributed by atoms with Crippen LogP contribution in [0.4, 0.5) is 10.1 Å². The molecule has 92 valence electrons. The van der Waals surface area contributed by atoms with E-state index < -0.39 is 11.7 Å². The summed E-state index contributed by atoms with van der Waals surface area (Å²) in [5.41, 5.74) is 2.49. The van der Waals surface area contributed by atoms with E-state index in [0.717, 1.165) is 11.1 Å². The molecule has 18 heavy (non-hydrogen) atoms. The summed E-state index contributed by atoms with van der Waals surface area (Å²) in [5.74, 6) is -0.928. The van der Waals surface area contributed by atoms with Crippen LogP contribution in [0, 0.1) is 19.7 Å². The topological polar surface area (TPSA) is 29.1 Å². The maximum atomic E-state index is 13.6. The number of carbonyl (C=O) groups excluding carboxylic acids is 1. The first kappa shape index (κ1) is 12.3. The monoisotopic (exact) mass is 243 g/mol. The zero-order valence-corrected chi connectivity index (χ0v) is 10.3. The van der Waals surface area contributed by atoms with Crippen LogP contribution in [0.2, 0.25) is 0 Å². The summed E-state index contributed by atoms with van der Waals surface area (Å²) < 4.78 is 13.6. The molecule has 2 nitrogen and oxygen atoms in total. The minimum Gasteiger partial charge on any atom is -0.322 e. The van der Waals surface area contributed by atoms with E-state index in [1.165, 1.54) is 12.1 Å². The molecule has 1 N–H and O–H groups in total. The highest BCUT2D eigenvalue weighted by Crippen LogP contribution is 2.16. The van der Waals surface area contributed by atoms with Crippen LogP contribution >= 0.6 is 0 Å². The Morgan fingerprint density at radius 1 is 1.11 bits per heavy atom. The van der Waals surface area contributed by atoms with E-state index in [2.05, 4.69) is 5.32 Å². The number of nitrogens with one attached hydrogen (secondary N) is 1. The number of hydrogen-bond donors (Lipinski definition) is 1. The molecule has 0 spiro atoms. The molecule has 0 saturated heterocycles. The highest BCUT2D eigenvalue weighted by Gasteiger charge is 2.12. The van der Waals surface area contributed by atoms with Gasteiger partial charge in [-0.15, -0.1) is 0 Å². The molecule has 0 bridgehead atoms. The Hall–Kier alpha value is -2.16. The quantitative estimate of drug-likeness (QED) is 0.856. The van der Waals surface area contributed by atoms with Crippen molar-refractivity contribution in [1.82, 2.24) is 0 Å². The molecule has 0 atom stereocenters. The van der Waals surface area contributed by atoms with Gasteiger partial charge in [0.05, 0.1) is 5.56 Å². The van der Waals surface area contributed by atoms with Gasteiger partial charge in [0, 0.05) is 5.69 Å². The van der Waals surface area contributed by atoms with Crippen molar-refractivity contribution in [1.29, 1.82) is 0 Å². The second-order valence-corrected chi connectivity index (χ2v) is 4.25. The Kier molecular flexibility index (Phi) is 3.42. The summed E-state index contributed by atoms with van der Waals surface area (Å²) in [6.45, 7) is 3.67. The van der Waals surface area contributed by atoms with E-state index in [4.69, 9.17) is 0 Å². The number of hydrogen-bond acceptors (Lipinski definition) is 1. The van der Waals surface area contributed by atoms with Crippen LogP contribution in [0.1, 0.15) is 21.5 Å². The summed E-state index contributed by atoms with van der Waals surface area (Å²) in [4.78, 5) is 11.9. The van der Waals surface area contributed by atoms with Crippen LogP contribution in [0.3, 0.4) is 0 Å². The first-order chi connectivity index (χ1) is 8.58. The van der Waals surface area contributed by atoms with Crippen molar-refractivity contribution in [2.75, 3.05) is 5.32 Å². The van der Waals surface area contributed by atoms with Crippen molar-refractivity contribution in [3.8, 4) is 0 Å². The number of rotatable bonds is 2. The minimum atomic E-state index is -0.499. The molecule has 0 radical (unpaired) electrons. The zero-order chi connectivity index (χ0) is 13.1. The Morgan fingerprint density at radius 2 is 1.83 bits per heavy atom. The van der Waals surface area contributed by atoms with Gasteiger partial charge in [-0.2, -0.15) is 0 Å². The third-order valence-electron chi connectivity index (χ3n) is 2.76. The number of para-hydroxylation sites is 1. The number of aryl methyl sites for hydroxylation is 2. The van der Waals surface area contributed by atoms with Crippen molar-refractivity contribution in [2.45, 2.75) is 13.8 Å². The standard InChI is InChI=1S/C15H14FNO/c1-10-7-8-12(13(16)9-10)15(18)17-14-6-4-3-5-11(14)2/h3-9H,1-2H3,(H,17,18). The SMILES string of the molecule is Cc1ccc(C(=O)Nc2ccccc2C)c(F)c1. The average Bonchev–Trinajstić information content (AvgIpc) is 2.32. The maximum absolute atomic E-state index is 13.6. The first-order valence-corrected chi connectivity index (χ1v) is 5.71. The van der Waals surface area contributed by atoms with E-state index in [-0.39, 0.29) is 5.56 Å². The Morgan fingerprint density at radius 3 is 2.50 bits per heavy atom. The summed E-state index contributed by atoms with van der Waals surface area (Å²) >= 11 is 0. The normalized spacial score (nSPS) is 10.2. The van der Waals surface area contributed by atoms with Gasteiger partial charge in [-0.05, 0) is 43.2 Å². The van der Waals surface area contributed by atoms with Gasteiger partial charge in [-0.25, -0.2) is 4.39 Å². The fraction of sp³-hybridized carbons (Fsp3) is 0.133. The van der Waals surface area contributed by atoms with Crippen molar-refractivity contribution in [3.05, 3.63) is 65.0 Å². The molecule has 2 rings (SSSR count). The zero-order valence-electron chi connectivity index (χ0n) is 10.3. The van der Waals surface area contributed by atoms with Crippen molar-refractivity contribution in [2.24, 2.45) is 0 Å². The lowest BCUT2D eigenvalue weighted by Gasteiger charge is -2.08. The van der Waals surface area contributed by atoms with Crippen molar-refractivity contribution in [3.63, 3.8) is 0 Å². The van der Waals surface area contributed by atoms with E-state index in [9.17, 15) is 9.18 Å². The van der Waals surface area contributed by atoms with Crippen LogP contribution < -0.4 is 5.32 Å². The van der Waals surface area contributed by atoms with E-state index in [1.807, 2.05) is 25.1 Å². The molecular formula is C15H14FNO. The molecule has 0 aliphatic heterocycles. The maximum Gasteiger partial charge on any atom is 0.258 e. The molecule has 0 saturated carbocycles. The van der Waals surface area contributed by atoms with Crippen LogP contribution in [0.5, 0.6) is 0 Å². The van der Waals surface area contributed by atoms with Crippen molar-refractivity contribution < 1.29 is 9.18 Å². The third kappa shape index (κ3) is 2.56. The fourth-order valence-corrected chi connectivity index (χ4v) is 1.71. The number of amides is 1. The second kappa shape index (κ2) is 5.00. The number of halogens is 1. The third-order valence-corrected chi connectivity index (χ3v) is 2.76. The molecule has 0 aliphatic carbocycles. The van der Waals surface area contributed by atoms with Gasteiger partial charge in [0.2, 0.25) is 0 Å². The molecule has 0 unspecified atom stereocenters. The predicted octanol–water partition coefficient (Wildman–Crippen LogP) is 3.69. The van der Waals surface area contributed by atoms with E-state index in [1.54, 1.807) is 19.1 Å². The molecule has 2 aromatic rings. The summed E-state index contributed by atoms with van der Waals surface area (Å²) in [7, 11) is 0. The fourth-order valence-electron chi connectivity index (χ4n) is 1.71. The average molecular weight is 243 g/mol. The van der Waals surface area contributed by atoms with Crippen LogP contribution in [0.15, 0.2) is 42.5 Å². The van der Waals surface area contributed by atoms with Crippen LogP contribution in [-0.4, -0.2) is 5.91 Å². The molecule has 0 heterocycles. The lowest BCUT2D eigenvalue weighted by atomic mass is 10.1. The van der Waals surface area contributed by atoms with Gasteiger partial charge in [0.25, 0.3) is 5.91 Å². The number of benzene rings is 2. The molecule has 0 fully saturated rings. The van der Waals surface area contributed by atoms with Gasteiger partial charge in [-0.3, -0.25) is 4.79 Å². The van der Waals surface area contributed by atoms with Gasteiger partial charge in [0.1, 0.15) is 5.82 Å². The second-order valence-electron chi connectivity index (χ2n) is 4.25. The summed E-state index contributed by atoms with van der Waals surface area (Å²) in [6, 6.07) is 12.0. The van der Waals surface area contributed by atoms with E-state index in [0.29, 0.717) is 5.69 Å². The molecule has 3 heteroatoms. The summed E-state index contributed by atoms with van der Waals surface area (Å²) in [5, 5.41) is 2.71.